The summed E-state index contributed by atoms with van der Waals surface area (Å²) in [5.74, 6) is 0.526. The van der Waals surface area contributed by atoms with Crippen molar-refractivity contribution in [2.45, 2.75) is 25.8 Å². The van der Waals surface area contributed by atoms with Crippen LogP contribution in [0.1, 0.15) is 19.8 Å². The molecule has 2 unspecified atom stereocenters. The Morgan fingerprint density at radius 2 is 2.53 bits per heavy atom. The largest absolute Gasteiger partial charge is 0.324 e. The van der Waals surface area contributed by atoms with Gasteiger partial charge in [-0.25, -0.2) is 0 Å². The van der Waals surface area contributed by atoms with Crippen LogP contribution in [-0.2, 0) is 4.79 Å². The third-order valence-electron chi connectivity index (χ3n) is 2.84. The maximum absolute atomic E-state index is 11.9. The molecule has 1 aromatic rings. The number of rotatable bonds is 2. The van der Waals surface area contributed by atoms with E-state index in [9.17, 15) is 4.79 Å². The van der Waals surface area contributed by atoms with Gasteiger partial charge in [-0.15, -0.1) is 0 Å². The Kier molecular flexibility index (Phi) is 3.38. The Balaban J connectivity index is 1.95. The van der Waals surface area contributed by atoms with Crippen LogP contribution in [0.5, 0.6) is 0 Å². The fourth-order valence-corrected chi connectivity index (χ4v) is 2.54. The molecule has 1 fully saturated rings. The van der Waals surface area contributed by atoms with Crippen LogP contribution < -0.4 is 10.6 Å². The second-order valence-corrected chi connectivity index (χ2v) is 4.83. The molecule has 0 bridgehead atoms. The van der Waals surface area contributed by atoms with Crippen molar-refractivity contribution in [2.75, 3.05) is 11.9 Å². The van der Waals surface area contributed by atoms with Gasteiger partial charge in [0.2, 0.25) is 5.91 Å². The zero-order valence-corrected chi connectivity index (χ0v) is 9.64. The van der Waals surface area contributed by atoms with Crippen LogP contribution >= 0.6 is 11.3 Å². The third-order valence-corrected chi connectivity index (χ3v) is 3.52. The number of hydrogen-bond donors (Lipinski definition) is 2. The highest BCUT2D eigenvalue weighted by Crippen LogP contribution is 2.18. The number of hydrogen-bond acceptors (Lipinski definition) is 3. The molecule has 0 aliphatic carbocycles. The third kappa shape index (κ3) is 2.58. The van der Waals surface area contributed by atoms with E-state index in [0.29, 0.717) is 5.92 Å². The second-order valence-electron chi connectivity index (χ2n) is 4.05. The molecule has 2 atom stereocenters. The molecule has 15 heavy (non-hydrogen) atoms. The number of amides is 1. The Morgan fingerprint density at radius 1 is 1.67 bits per heavy atom. The van der Waals surface area contributed by atoms with E-state index >= 15 is 0 Å². The van der Waals surface area contributed by atoms with Crippen LogP contribution in [0.4, 0.5) is 5.69 Å². The van der Waals surface area contributed by atoms with Crippen molar-refractivity contribution in [2.24, 2.45) is 5.92 Å². The molecule has 0 radical (unpaired) electrons. The van der Waals surface area contributed by atoms with Gasteiger partial charge in [0.05, 0.1) is 11.7 Å². The number of carbonyl (C=O) groups excluding carboxylic acids is 1. The summed E-state index contributed by atoms with van der Waals surface area (Å²) in [5, 5.41) is 10.1. The van der Waals surface area contributed by atoms with E-state index in [-0.39, 0.29) is 11.9 Å². The maximum Gasteiger partial charge on any atom is 0.241 e. The molecule has 0 saturated carbocycles. The first-order chi connectivity index (χ1) is 7.27. The molecular weight excluding hydrogens is 208 g/mol. The van der Waals surface area contributed by atoms with Gasteiger partial charge in [0.1, 0.15) is 0 Å². The minimum absolute atomic E-state index is 0.0290. The summed E-state index contributed by atoms with van der Waals surface area (Å²) in [6, 6.07) is 1.90. The van der Waals surface area contributed by atoms with E-state index in [2.05, 4.69) is 17.6 Å². The highest BCUT2D eigenvalue weighted by molar-refractivity contribution is 7.08. The highest BCUT2D eigenvalue weighted by Gasteiger charge is 2.27. The van der Waals surface area contributed by atoms with E-state index in [1.54, 1.807) is 11.3 Å². The van der Waals surface area contributed by atoms with E-state index in [4.69, 9.17) is 0 Å². The van der Waals surface area contributed by atoms with Crippen molar-refractivity contribution >= 4 is 22.9 Å². The summed E-state index contributed by atoms with van der Waals surface area (Å²) in [5.41, 5.74) is 0.907. The monoisotopic (exact) mass is 224 g/mol. The molecule has 1 amide bonds. The van der Waals surface area contributed by atoms with Crippen molar-refractivity contribution in [3.63, 3.8) is 0 Å². The molecule has 0 spiro atoms. The van der Waals surface area contributed by atoms with Gasteiger partial charge in [-0.2, -0.15) is 11.3 Å². The van der Waals surface area contributed by atoms with Crippen LogP contribution in [0.15, 0.2) is 16.8 Å². The lowest BCUT2D eigenvalue weighted by Gasteiger charge is -2.28. The van der Waals surface area contributed by atoms with Gasteiger partial charge in [0.25, 0.3) is 0 Å². The van der Waals surface area contributed by atoms with Gasteiger partial charge in [-0.05, 0) is 36.8 Å². The van der Waals surface area contributed by atoms with Gasteiger partial charge in [0.15, 0.2) is 0 Å². The molecule has 3 nitrogen and oxygen atoms in total. The van der Waals surface area contributed by atoms with Gasteiger partial charge in [-0.3, -0.25) is 4.79 Å². The van der Waals surface area contributed by atoms with Gasteiger partial charge in [-0.1, -0.05) is 6.92 Å². The molecule has 1 saturated heterocycles. The van der Waals surface area contributed by atoms with Crippen molar-refractivity contribution < 1.29 is 4.79 Å². The van der Waals surface area contributed by atoms with Crippen molar-refractivity contribution in [3.8, 4) is 0 Å². The summed E-state index contributed by atoms with van der Waals surface area (Å²) < 4.78 is 0. The summed E-state index contributed by atoms with van der Waals surface area (Å²) in [6.45, 7) is 3.08. The fraction of sp³-hybridized carbons (Fsp3) is 0.545. The number of thiophene rings is 1. The molecule has 1 aliphatic heterocycles. The number of piperidine rings is 1. The van der Waals surface area contributed by atoms with Crippen LogP contribution in [0.3, 0.4) is 0 Å². The molecular formula is C11H16N2OS. The first-order valence-electron chi connectivity index (χ1n) is 5.34. The lowest BCUT2D eigenvalue weighted by atomic mass is 9.92. The highest BCUT2D eigenvalue weighted by atomic mass is 32.1. The molecule has 4 heteroatoms. The van der Waals surface area contributed by atoms with Crippen LogP contribution in [0.25, 0.3) is 0 Å². The van der Waals surface area contributed by atoms with E-state index < -0.39 is 0 Å². The van der Waals surface area contributed by atoms with E-state index in [1.807, 2.05) is 16.8 Å². The Hall–Kier alpha value is -0.870. The second kappa shape index (κ2) is 4.77. The standard InChI is InChI=1S/C11H16N2OS/c1-8-3-2-5-12-10(8)11(14)13-9-4-6-15-7-9/h4,6-8,10,12H,2-3,5H2,1H3,(H,13,14). The van der Waals surface area contributed by atoms with E-state index in [0.717, 1.165) is 18.7 Å². The first-order valence-corrected chi connectivity index (χ1v) is 6.28. The predicted octanol–water partition coefficient (Wildman–Crippen LogP) is 2.07. The van der Waals surface area contributed by atoms with Crippen LogP contribution in [0, 0.1) is 5.92 Å². The van der Waals surface area contributed by atoms with Crippen molar-refractivity contribution in [1.82, 2.24) is 5.32 Å². The summed E-state index contributed by atoms with van der Waals surface area (Å²) >= 11 is 1.59. The number of anilines is 1. The molecule has 1 aliphatic rings. The smallest absolute Gasteiger partial charge is 0.241 e. The first kappa shape index (κ1) is 10.6. The SMILES string of the molecule is CC1CCCNC1C(=O)Nc1ccsc1. The van der Waals surface area contributed by atoms with Gasteiger partial charge < -0.3 is 10.6 Å². The quantitative estimate of drug-likeness (QED) is 0.807. The van der Waals surface area contributed by atoms with Crippen LogP contribution in [0.2, 0.25) is 0 Å². The lowest BCUT2D eigenvalue weighted by Crippen LogP contribution is -2.48. The number of carbonyl (C=O) groups is 1. The molecule has 2 heterocycles. The van der Waals surface area contributed by atoms with Crippen molar-refractivity contribution in [3.05, 3.63) is 16.8 Å². The average Bonchev–Trinajstić information content (AvgIpc) is 2.71. The normalized spacial score (nSPS) is 26.2. The Labute approximate surface area is 93.9 Å². The Bertz CT molecular complexity index is 323. The fourth-order valence-electron chi connectivity index (χ4n) is 1.96. The summed E-state index contributed by atoms with van der Waals surface area (Å²) in [6.07, 6.45) is 2.30. The summed E-state index contributed by atoms with van der Waals surface area (Å²) in [7, 11) is 0. The maximum atomic E-state index is 11.9. The Morgan fingerprint density at radius 3 is 3.20 bits per heavy atom. The zero-order valence-electron chi connectivity index (χ0n) is 8.82. The van der Waals surface area contributed by atoms with Crippen LogP contribution in [-0.4, -0.2) is 18.5 Å². The van der Waals surface area contributed by atoms with E-state index in [1.165, 1.54) is 6.42 Å². The average molecular weight is 224 g/mol. The number of nitrogens with one attached hydrogen (secondary N) is 2. The van der Waals surface area contributed by atoms with Gasteiger partial charge in [0, 0.05) is 5.38 Å². The molecule has 2 N–H and O–H groups in total. The molecule has 1 aromatic heterocycles. The predicted molar refractivity (Wildman–Crippen MR) is 63.1 cm³/mol. The molecule has 2 rings (SSSR count). The molecule has 0 aromatic carbocycles. The molecule has 82 valence electrons. The summed E-state index contributed by atoms with van der Waals surface area (Å²) in [4.78, 5) is 11.9. The minimum Gasteiger partial charge on any atom is -0.324 e. The van der Waals surface area contributed by atoms with Gasteiger partial charge >= 0.3 is 0 Å². The topological polar surface area (TPSA) is 41.1 Å². The van der Waals surface area contributed by atoms with Crippen molar-refractivity contribution in [1.29, 1.82) is 0 Å². The lowest BCUT2D eigenvalue weighted by molar-refractivity contribution is -0.119. The zero-order chi connectivity index (χ0) is 10.7. The minimum atomic E-state index is -0.0290.